The van der Waals surface area contributed by atoms with Crippen LogP contribution < -0.4 is 118 Å². The van der Waals surface area contributed by atoms with E-state index in [4.69, 9.17) is 14.9 Å². The smallest absolute Gasteiger partial charge is 1.00 e. The molecule has 0 saturated carbocycles. The zero-order valence-electron chi connectivity index (χ0n) is 13.2. The van der Waals surface area contributed by atoms with Crippen LogP contribution in [-0.4, -0.2) is 27.8 Å². The fourth-order valence-electron chi connectivity index (χ4n) is 0.262. The summed E-state index contributed by atoms with van der Waals surface area (Å²) in [5.41, 5.74) is 0. The van der Waals surface area contributed by atoms with E-state index in [-0.39, 0.29) is 124 Å². The van der Waals surface area contributed by atoms with Crippen molar-refractivity contribution in [3.63, 3.8) is 0 Å². The molecule has 0 heterocycles. The summed E-state index contributed by atoms with van der Waals surface area (Å²) < 4.78 is 27.5. The van der Waals surface area contributed by atoms with E-state index in [0.717, 1.165) is 0 Å². The second-order valence-corrected chi connectivity index (χ2v) is 2.75. The molecule has 0 saturated heterocycles. The maximum Gasteiger partial charge on any atom is 1.00 e. The van der Waals surface area contributed by atoms with Gasteiger partial charge in [0.1, 0.15) is 0 Å². The van der Waals surface area contributed by atoms with Crippen molar-refractivity contribution in [2.75, 3.05) is 6.61 Å². The Balaban J connectivity index is -0.0000000179. The van der Waals surface area contributed by atoms with Crippen molar-refractivity contribution in [2.24, 2.45) is 0 Å². The molecule has 0 spiro atoms. The Bertz CT molecular complexity index is 183. The molecule has 72 valence electrons. The Hall–Kier alpha value is 4.00. The van der Waals surface area contributed by atoms with Crippen molar-refractivity contribution < 1.29 is 157 Å². The van der Waals surface area contributed by atoms with Crippen molar-refractivity contribution >= 4 is 16.5 Å². The van der Waals surface area contributed by atoms with E-state index >= 15 is 0 Å². The monoisotopic (exact) mass is 300 g/mol. The molecule has 3 N–H and O–H groups in total. The molecule has 0 rings (SSSR count). The predicted octanol–water partition coefficient (Wildman–Crippen LogP) is -11.9. The van der Waals surface area contributed by atoms with Gasteiger partial charge in [0.05, 0.1) is 0 Å². The molecule has 0 aromatic carbocycles. The third kappa shape index (κ3) is 27.3. The van der Waals surface area contributed by atoms with Crippen molar-refractivity contribution in [1.82, 2.24) is 0 Å². The largest absolute Gasteiger partial charge is 1.00 e. The molecule has 0 aliphatic carbocycles. The van der Waals surface area contributed by atoms with Crippen molar-refractivity contribution in [1.29, 1.82) is 0 Å². The average molecular weight is 300 g/mol. The van der Waals surface area contributed by atoms with E-state index < -0.39 is 29.4 Å². The zero-order chi connectivity index (χ0) is 8.85. The summed E-state index contributed by atoms with van der Waals surface area (Å²) >= 11 is 0. The van der Waals surface area contributed by atoms with Crippen LogP contribution in [-0.2, 0) is 18.2 Å². The number of hydrogen-bond donors (Lipinski definition) is 3. The normalized spacial score (nSPS) is 11.7. The van der Waals surface area contributed by atoms with Gasteiger partial charge in [-0.25, -0.2) is 0 Å². The van der Waals surface area contributed by atoms with Gasteiger partial charge in [-0.1, -0.05) is 4.52 Å². The summed E-state index contributed by atoms with van der Waals surface area (Å²) in [4.78, 5) is 16.0. The fraction of sp³-hybridized carbons (Fsp3) is 1.00. The van der Waals surface area contributed by atoms with Crippen LogP contribution in [0.4, 0.5) is 0 Å². The zero-order valence-corrected chi connectivity index (χ0v) is 18.9. The van der Waals surface area contributed by atoms with Crippen LogP contribution in [0, 0.1) is 0 Å². The van der Waals surface area contributed by atoms with Crippen LogP contribution >= 0.6 is 16.5 Å². The molecule has 3 unspecified atom stereocenters. The molecule has 15 heavy (non-hydrogen) atoms. The molecule has 0 aromatic heterocycles. The minimum Gasteiger partial charge on any atom is -1.00 e. The van der Waals surface area contributed by atoms with Crippen LogP contribution in [0.2, 0.25) is 0 Å². The van der Waals surface area contributed by atoms with Gasteiger partial charge in [0, 0.05) is 9.13 Å². The minimum absolute atomic E-state index is 0. The molecular formula is C2H10Na4O7P2+2. The summed E-state index contributed by atoms with van der Waals surface area (Å²) in [6.07, 6.45) is -1.67. The van der Waals surface area contributed by atoms with Crippen molar-refractivity contribution in [3.05, 3.63) is 0 Å². The van der Waals surface area contributed by atoms with Crippen molar-refractivity contribution in [2.45, 2.75) is 6.29 Å². The molecule has 0 bridgehead atoms. The first kappa shape index (κ1) is 31.4. The number of aliphatic hydroxyl groups excluding tert-OH is 1. The molecule has 0 amide bonds. The molecule has 0 aliphatic heterocycles. The van der Waals surface area contributed by atoms with E-state index in [1.165, 1.54) is 0 Å². The standard InChI is InChI=1S/C2H4O7P2.4Na.4H/c3-2(9-11(6)7)1-8-10(4)5;;;;;;;;/h2-3H,1H2;;;;;;;;/q;4*+1;4*-1/p+2. The van der Waals surface area contributed by atoms with Crippen LogP contribution in [0.1, 0.15) is 5.71 Å². The van der Waals surface area contributed by atoms with Crippen molar-refractivity contribution in [3.8, 4) is 0 Å². The molecule has 3 atom stereocenters. The Labute approximate surface area is 183 Å². The number of hydrogen-bond acceptors (Lipinski definition) is 5. The predicted molar refractivity (Wildman–Crippen MR) is 37.1 cm³/mol. The second kappa shape index (κ2) is 20.3. The van der Waals surface area contributed by atoms with Gasteiger partial charge in [-0.2, -0.15) is 0 Å². The van der Waals surface area contributed by atoms with Gasteiger partial charge in [-0.3, -0.25) is 0 Å². The van der Waals surface area contributed by atoms with Crippen LogP contribution in [0.25, 0.3) is 0 Å². The molecule has 0 fully saturated rings. The number of aliphatic hydroxyl groups is 1. The van der Waals surface area contributed by atoms with Crippen LogP contribution in [0.3, 0.4) is 0 Å². The topological polar surface area (TPSA) is 113 Å². The average Bonchev–Trinajstić information content (AvgIpc) is 1.82. The van der Waals surface area contributed by atoms with Gasteiger partial charge in [-0.05, 0) is 0 Å². The van der Waals surface area contributed by atoms with Crippen LogP contribution in [0.5, 0.6) is 0 Å². The summed E-state index contributed by atoms with van der Waals surface area (Å²) in [5, 5.41) is 8.54. The van der Waals surface area contributed by atoms with E-state index in [1.54, 1.807) is 0 Å². The summed E-state index contributed by atoms with van der Waals surface area (Å²) in [6.45, 7) is -0.632. The first-order chi connectivity index (χ1) is 5.02. The maximum absolute atomic E-state index is 9.83. The molecule has 0 aromatic rings. The maximum atomic E-state index is 9.83. The molecule has 7 nitrogen and oxygen atoms in total. The van der Waals surface area contributed by atoms with E-state index in [1.807, 2.05) is 0 Å². The molecule has 13 heteroatoms. The molecular weight excluding hydrogens is 290 g/mol. The summed E-state index contributed by atoms with van der Waals surface area (Å²) in [5.74, 6) is 0. The van der Waals surface area contributed by atoms with E-state index in [9.17, 15) is 9.13 Å². The third-order valence-corrected chi connectivity index (χ3v) is 1.33. The summed E-state index contributed by atoms with van der Waals surface area (Å²) in [7, 11) is -5.75. The molecule has 0 radical (unpaired) electrons. The van der Waals surface area contributed by atoms with Gasteiger partial charge in [0.25, 0.3) is 0 Å². The number of rotatable bonds is 5. The Morgan fingerprint density at radius 2 is 1.47 bits per heavy atom. The minimum atomic E-state index is -2.93. The van der Waals surface area contributed by atoms with Gasteiger partial charge in [-0.15, -0.1) is 14.3 Å². The fourth-order valence-corrected chi connectivity index (χ4v) is 0.786. The van der Waals surface area contributed by atoms with Gasteiger partial charge >= 0.3 is 135 Å². The first-order valence-electron chi connectivity index (χ1n) is 2.32. The van der Waals surface area contributed by atoms with Gasteiger partial charge < -0.3 is 10.8 Å². The van der Waals surface area contributed by atoms with E-state index in [0.29, 0.717) is 0 Å². The van der Waals surface area contributed by atoms with E-state index in [2.05, 4.69) is 9.05 Å². The summed E-state index contributed by atoms with van der Waals surface area (Å²) in [6, 6.07) is 0. The Kier molecular flexibility index (Phi) is 42.5. The quantitative estimate of drug-likeness (QED) is 0.262. The SMILES string of the molecule is O=[P+](O)OCC(O)O[P+](=O)O.[H-].[H-].[H-].[H-].[Na+].[Na+].[Na+].[Na+]. The molecule has 0 aliphatic rings. The first-order valence-corrected chi connectivity index (χ1v) is 4.58. The van der Waals surface area contributed by atoms with Crippen LogP contribution in [0.15, 0.2) is 0 Å². The third-order valence-electron chi connectivity index (χ3n) is 0.539. The van der Waals surface area contributed by atoms with Gasteiger partial charge in [0.15, 0.2) is 6.61 Å². The Morgan fingerprint density at radius 3 is 1.73 bits per heavy atom. The second-order valence-electron chi connectivity index (χ2n) is 1.33. The van der Waals surface area contributed by atoms with Gasteiger partial charge in [0.2, 0.25) is 6.29 Å². The Morgan fingerprint density at radius 1 is 1.07 bits per heavy atom.